The van der Waals surface area contributed by atoms with E-state index in [1.165, 1.54) is 28.2 Å². The van der Waals surface area contributed by atoms with Crippen LogP contribution in [0, 0.1) is 0 Å². The molecule has 6 N–H and O–H groups in total. The molecule has 11 heteroatoms. The van der Waals surface area contributed by atoms with E-state index in [1.807, 2.05) is 0 Å². The van der Waals surface area contributed by atoms with Crippen molar-refractivity contribution in [3.8, 4) is 11.3 Å². The van der Waals surface area contributed by atoms with Gasteiger partial charge in [-0.05, 0) is 19.0 Å². The highest BCUT2D eigenvalue weighted by atomic mass is 32.1. The Hall–Kier alpha value is -2.24. The van der Waals surface area contributed by atoms with Gasteiger partial charge in [0.05, 0.1) is 23.5 Å². The molecule has 3 aromatic rings. The van der Waals surface area contributed by atoms with E-state index in [0.29, 0.717) is 28.6 Å². The maximum Gasteiger partial charge on any atom is 0.419 e. The summed E-state index contributed by atoms with van der Waals surface area (Å²) in [5.74, 6) is -0.573. The van der Waals surface area contributed by atoms with Crippen molar-refractivity contribution in [2.75, 3.05) is 12.3 Å². The summed E-state index contributed by atoms with van der Waals surface area (Å²) < 4.78 is 40.4. The summed E-state index contributed by atoms with van der Waals surface area (Å²) in [4.78, 5) is 8.32. The number of nitrogens with two attached hydrogens (primary N) is 3. The maximum atomic E-state index is 13.0. The number of anilines is 1. The normalized spacial score (nSPS) is 13.5. The number of hydrogen-bond donors (Lipinski definition) is 3. The van der Waals surface area contributed by atoms with E-state index in [2.05, 4.69) is 15.1 Å². The fourth-order valence-corrected chi connectivity index (χ4v) is 3.11. The van der Waals surface area contributed by atoms with E-state index in [0.717, 1.165) is 6.07 Å². The van der Waals surface area contributed by atoms with E-state index < -0.39 is 17.6 Å². The topological polar surface area (TPSA) is 121 Å². The van der Waals surface area contributed by atoms with Crippen molar-refractivity contribution in [1.82, 2.24) is 19.6 Å². The van der Waals surface area contributed by atoms with Crippen LogP contribution in [0.4, 0.5) is 19.0 Å². The van der Waals surface area contributed by atoms with Crippen LogP contribution in [-0.4, -0.2) is 26.1 Å². The predicted molar refractivity (Wildman–Crippen MR) is 84.1 cm³/mol. The molecule has 24 heavy (non-hydrogen) atoms. The minimum Gasteiger partial charge on any atom is -0.383 e. The molecule has 1 unspecified atom stereocenters. The summed E-state index contributed by atoms with van der Waals surface area (Å²) >= 11 is 1.27. The van der Waals surface area contributed by atoms with Crippen LogP contribution in [0.25, 0.3) is 16.2 Å². The molecule has 0 saturated carbocycles. The first-order valence-electron chi connectivity index (χ1n) is 6.94. The van der Waals surface area contributed by atoms with Gasteiger partial charge in [-0.1, -0.05) is 11.3 Å². The van der Waals surface area contributed by atoms with Crippen molar-refractivity contribution in [1.29, 1.82) is 0 Å². The number of nitrogen functional groups attached to an aromatic ring is 1. The second kappa shape index (κ2) is 6.00. The van der Waals surface area contributed by atoms with Crippen molar-refractivity contribution in [3.05, 3.63) is 29.0 Å². The molecule has 0 aliphatic heterocycles. The fraction of sp³-hybridized carbons (Fsp3) is 0.308. The van der Waals surface area contributed by atoms with Gasteiger partial charge >= 0.3 is 6.18 Å². The third kappa shape index (κ3) is 2.92. The van der Waals surface area contributed by atoms with Gasteiger partial charge in [-0.15, -0.1) is 0 Å². The average molecular weight is 357 g/mol. The average Bonchev–Trinajstić information content (AvgIpc) is 3.07. The molecule has 0 aromatic carbocycles. The molecule has 0 fully saturated rings. The standard InChI is InChI=1S/C13H14F3N7S/c14-13(15,16)7-3-6(4-20-10(7)19)9-5-21-12-23(9)22-11(24-12)8(18)1-2-17/h3-5,8H,1-2,17-18H2,(H2,19,20). The van der Waals surface area contributed by atoms with Crippen molar-refractivity contribution in [3.63, 3.8) is 0 Å². The molecule has 3 aromatic heterocycles. The number of nitrogens with zero attached hydrogens (tertiary/aromatic N) is 4. The number of aromatic nitrogens is 4. The Morgan fingerprint density at radius 2 is 2.00 bits per heavy atom. The van der Waals surface area contributed by atoms with Crippen LogP contribution < -0.4 is 17.2 Å². The number of rotatable bonds is 4. The first-order valence-corrected chi connectivity index (χ1v) is 7.76. The van der Waals surface area contributed by atoms with Crippen LogP contribution in [0.5, 0.6) is 0 Å². The molecule has 7 nitrogen and oxygen atoms in total. The number of halogens is 3. The number of alkyl halides is 3. The SMILES string of the molecule is NCCC(N)c1nn2c(-c3cnc(N)c(C(F)(F)F)c3)cnc2s1. The van der Waals surface area contributed by atoms with Crippen molar-refractivity contribution < 1.29 is 13.2 Å². The molecule has 0 bridgehead atoms. The van der Waals surface area contributed by atoms with Crippen LogP contribution in [0.1, 0.15) is 23.0 Å². The Bertz CT molecular complexity index is 870. The first-order chi connectivity index (χ1) is 11.3. The van der Waals surface area contributed by atoms with E-state index in [-0.39, 0.29) is 11.6 Å². The lowest BCUT2D eigenvalue weighted by molar-refractivity contribution is -0.137. The Morgan fingerprint density at radius 1 is 1.25 bits per heavy atom. The molecular weight excluding hydrogens is 343 g/mol. The molecular formula is C13H14F3N7S. The number of fused-ring (bicyclic) bond motifs is 1. The third-order valence-corrected chi connectivity index (χ3v) is 4.47. The van der Waals surface area contributed by atoms with Crippen LogP contribution >= 0.6 is 11.3 Å². The maximum absolute atomic E-state index is 13.0. The zero-order valence-corrected chi connectivity index (χ0v) is 13.1. The van der Waals surface area contributed by atoms with E-state index in [4.69, 9.17) is 17.2 Å². The predicted octanol–water partition coefficient (Wildman–Crippen LogP) is 1.80. The molecule has 128 valence electrons. The van der Waals surface area contributed by atoms with Crippen LogP contribution in [-0.2, 0) is 6.18 Å². The van der Waals surface area contributed by atoms with E-state index in [9.17, 15) is 13.2 Å². The number of imidazole rings is 1. The van der Waals surface area contributed by atoms with Gasteiger partial charge in [0.2, 0.25) is 4.96 Å². The van der Waals surface area contributed by atoms with E-state index >= 15 is 0 Å². The van der Waals surface area contributed by atoms with Gasteiger partial charge < -0.3 is 17.2 Å². The molecule has 3 rings (SSSR count). The van der Waals surface area contributed by atoms with Gasteiger partial charge in [0.1, 0.15) is 10.8 Å². The van der Waals surface area contributed by atoms with Crippen molar-refractivity contribution in [2.45, 2.75) is 18.6 Å². The third-order valence-electron chi connectivity index (χ3n) is 3.42. The fourth-order valence-electron chi connectivity index (χ4n) is 2.20. The summed E-state index contributed by atoms with van der Waals surface area (Å²) in [7, 11) is 0. The summed E-state index contributed by atoms with van der Waals surface area (Å²) in [5.41, 5.74) is 16.4. The minimum absolute atomic E-state index is 0.216. The van der Waals surface area contributed by atoms with Crippen LogP contribution in [0.15, 0.2) is 18.5 Å². The Labute approximate surface area is 138 Å². The van der Waals surface area contributed by atoms with Gasteiger partial charge in [0, 0.05) is 11.8 Å². The Kier molecular flexibility index (Phi) is 4.15. The molecule has 0 aliphatic carbocycles. The summed E-state index contributed by atoms with van der Waals surface area (Å²) in [6.45, 7) is 0.409. The summed E-state index contributed by atoms with van der Waals surface area (Å²) in [6, 6.07) is 0.592. The molecule has 0 aliphatic rings. The van der Waals surface area contributed by atoms with Gasteiger partial charge in [0.15, 0.2) is 0 Å². The summed E-state index contributed by atoms with van der Waals surface area (Å²) in [5, 5.41) is 4.95. The monoisotopic (exact) mass is 357 g/mol. The quantitative estimate of drug-likeness (QED) is 0.655. The first kappa shape index (κ1) is 16.6. The summed E-state index contributed by atoms with van der Waals surface area (Å²) in [6.07, 6.45) is -1.35. The second-order valence-corrected chi connectivity index (χ2v) is 6.10. The van der Waals surface area contributed by atoms with Crippen LogP contribution in [0.2, 0.25) is 0 Å². The Morgan fingerprint density at radius 3 is 2.67 bits per heavy atom. The molecule has 1 atom stereocenters. The van der Waals surface area contributed by atoms with Gasteiger partial charge in [-0.2, -0.15) is 18.3 Å². The lowest BCUT2D eigenvalue weighted by atomic mass is 10.1. The lowest BCUT2D eigenvalue weighted by Crippen LogP contribution is -2.15. The van der Waals surface area contributed by atoms with Gasteiger partial charge in [-0.25, -0.2) is 14.5 Å². The Balaban J connectivity index is 2.07. The second-order valence-electron chi connectivity index (χ2n) is 5.12. The van der Waals surface area contributed by atoms with Crippen molar-refractivity contribution >= 4 is 22.1 Å². The van der Waals surface area contributed by atoms with Crippen LogP contribution in [0.3, 0.4) is 0 Å². The molecule has 0 saturated heterocycles. The van der Waals surface area contributed by atoms with E-state index in [1.54, 1.807) is 0 Å². The zero-order valence-electron chi connectivity index (χ0n) is 12.3. The van der Waals surface area contributed by atoms with Crippen molar-refractivity contribution in [2.24, 2.45) is 11.5 Å². The highest BCUT2D eigenvalue weighted by Gasteiger charge is 2.34. The zero-order chi connectivity index (χ0) is 17.5. The molecule has 0 amide bonds. The molecule has 0 spiro atoms. The lowest BCUT2D eigenvalue weighted by Gasteiger charge is -2.10. The largest absolute Gasteiger partial charge is 0.419 e. The highest BCUT2D eigenvalue weighted by molar-refractivity contribution is 7.16. The minimum atomic E-state index is -4.59. The van der Waals surface area contributed by atoms with Gasteiger partial charge in [-0.3, -0.25) is 0 Å². The number of pyridine rings is 1. The smallest absolute Gasteiger partial charge is 0.383 e. The number of hydrogen-bond acceptors (Lipinski definition) is 7. The van der Waals surface area contributed by atoms with Gasteiger partial charge in [0.25, 0.3) is 0 Å². The highest BCUT2D eigenvalue weighted by Crippen LogP contribution is 2.35. The molecule has 3 heterocycles. The molecule has 0 radical (unpaired) electrons.